The summed E-state index contributed by atoms with van der Waals surface area (Å²) in [5, 5.41) is 9.05. The van der Waals surface area contributed by atoms with Gasteiger partial charge in [0.25, 0.3) is 0 Å². The molecule has 0 radical (unpaired) electrons. The number of benzene rings is 1. The highest BCUT2D eigenvalue weighted by Crippen LogP contribution is 2.12. The Morgan fingerprint density at radius 1 is 1.27 bits per heavy atom. The molecule has 2 rings (SSSR count). The fraction of sp³-hybridized carbons (Fsp3) is 0.429. The van der Waals surface area contributed by atoms with Gasteiger partial charge in [0.1, 0.15) is 0 Å². The number of rotatable bonds is 5. The second-order valence-corrected chi connectivity index (χ2v) is 5.20. The minimum atomic E-state index is -0.279. The molecule has 0 saturated carbocycles. The second kappa shape index (κ2) is 9.63. The Morgan fingerprint density at radius 3 is 2.64 bits per heavy atom. The lowest BCUT2D eigenvalue weighted by Crippen LogP contribution is -2.45. The Morgan fingerprint density at radius 2 is 2.00 bits per heavy atom. The van der Waals surface area contributed by atoms with E-state index in [9.17, 15) is 9.59 Å². The third-order valence-electron chi connectivity index (χ3n) is 3.00. The van der Waals surface area contributed by atoms with Gasteiger partial charge in [-0.2, -0.15) is 0 Å². The quantitative estimate of drug-likeness (QED) is 0.747. The maximum atomic E-state index is 11.7. The van der Waals surface area contributed by atoms with Crippen molar-refractivity contribution in [2.75, 3.05) is 31.6 Å². The van der Waals surface area contributed by atoms with Gasteiger partial charge in [-0.3, -0.25) is 9.59 Å². The molecule has 3 N–H and O–H groups in total. The van der Waals surface area contributed by atoms with Crippen molar-refractivity contribution >= 4 is 41.5 Å². The minimum absolute atomic E-state index is 0. The minimum Gasteiger partial charge on any atom is -0.378 e. The molecule has 22 heavy (non-hydrogen) atoms. The molecule has 122 valence electrons. The maximum Gasteiger partial charge on any atom is 0.243 e. The van der Waals surface area contributed by atoms with Crippen LogP contribution >= 0.6 is 24.0 Å². The summed E-state index contributed by atoms with van der Waals surface area (Å²) in [6.45, 7) is 1.87. The molecule has 1 saturated heterocycles. The molecule has 1 aliphatic rings. The summed E-state index contributed by atoms with van der Waals surface area (Å²) in [6, 6.07) is 6.78. The topological polar surface area (TPSA) is 79.5 Å². The molecular formula is C14H19Cl2N3O3. The van der Waals surface area contributed by atoms with Crippen molar-refractivity contribution in [2.45, 2.75) is 12.5 Å². The van der Waals surface area contributed by atoms with E-state index in [1.165, 1.54) is 0 Å². The maximum absolute atomic E-state index is 11.7. The molecule has 1 aromatic rings. The summed E-state index contributed by atoms with van der Waals surface area (Å²) in [5.74, 6) is -0.456. The van der Waals surface area contributed by atoms with Gasteiger partial charge in [0.05, 0.1) is 19.8 Å². The molecule has 1 aromatic carbocycles. The zero-order valence-corrected chi connectivity index (χ0v) is 13.5. The predicted octanol–water partition coefficient (Wildman–Crippen LogP) is 1.20. The zero-order chi connectivity index (χ0) is 15.1. The van der Waals surface area contributed by atoms with Gasteiger partial charge >= 0.3 is 0 Å². The van der Waals surface area contributed by atoms with E-state index in [0.717, 1.165) is 6.54 Å². The molecule has 8 heteroatoms. The van der Waals surface area contributed by atoms with E-state index in [0.29, 0.717) is 30.3 Å². The van der Waals surface area contributed by atoms with Crippen molar-refractivity contribution < 1.29 is 14.3 Å². The fourth-order valence-corrected chi connectivity index (χ4v) is 2.09. The first kappa shape index (κ1) is 18.7. The molecule has 1 unspecified atom stereocenters. The highest BCUT2D eigenvalue weighted by atomic mass is 35.5. The monoisotopic (exact) mass is 347 g/mol. The third kappa shape index (κ3) is 6.62. The lowest BCUT2D eigenvalue weighted by Gasteiger charge is -2.23. The molecule has 1 aliphatic heterocycles. The second-order valence-electron chi connectivity index (χ2n) is 4.76. The van der Waals surface area contributed by atoms with Crippen molar-refractivity contribution in [1.29, 1.82) is 0 Å². The zero-order valence-electron chi connectivity index (χ0n) is 11.9. The van der Waals surface area contributed by atoms with Crippen LogP contribution < -0.4 is 16.0 Å². The number of halogens is 2. The van der Waals surface area contributed by atoms with Crippen LogP contribution in [0.25, 0.3) is 0 Å². The first-order chi connectivity index (χ1) is 10.1. The van der Waals surface area contributed by atoms with E-state index in [1.807, 2.05) is 0 Å². The Balaban J connectivity index is 0.00000242. The Kier molecular flexibility index (Phi) is 8.19. The average molecular weight is 348 g/mol. The van der Waals surface area contributed by atoms with E-state index in [-0.39, 0.29) is 36.8 Å². The van der Waals surface area contributed by atoms with Crippen molar-refractivity contribution in [3.05, 3.63) is 29.3 Å². The summed E-state index contributed by atoms with van der Waals surface area (Å²) in [5.41, 5.74) is 0.640. The molecule has 0 bridgehead atoms. The number of hydrogen-bond donors (Lipinski definition) is 3. The normalized spacial score (nSPS) is 17.2. The highest BCUT2D eigenvalue weighted by molar-refractivity contribution is 6.30. The number of carbonyl (C=O) groups is 2. The molecule has 1 atom stereocenters. The van der Waals surface area contributed by atoms with Crippen molar-refractivity contribution in [1.82, 2.24) is 10.6 Å². The van der Waals surface area contributed by atoms with E-state index in [4.69, 9.17) is 16.3 Å². The van der Waals surface area contributed by atoms with E-state index >= 15 is 0 Å². The van der Waals surface area contributed by atoms with Crippen LogP contribution in [0.1, 0.15) is 6.42 Å². The predicted molar refractivity (Wildman–Crippen MR) is 87.6 cm³/mol. The molecule has 0 aromatic heterocycles. The Labute approximate surface area is 140 Å². The third-order valence-corrected chi connectivity index (χ3v) is 3.26. The van der Waals surface area contributed by atoms with Gasteiger partial charge in [-0.05, 0) is 24.3 Å². The molecule has 0 spiro atoms. The van der Waals surface area contributed by atoms with E-state index in [1.54, 1.807) is 24.3 Å². The fourth-order valence-electron chi connectivity index (χ4n) is 1.96. The molecule has 6 nitrogen and oxygen atoms in total. The van der Waals surface area contributed by atoms with Gasteiger partial charge < -0.3 is 20.7 Å². The van der Waals surface area contributed by atoms with Crippen molar-refractivity contribution in [3.63, 3.8) is 0 Å². The molecular weight excluding hydrogens is 329 g/mol. The summed E-state index contributed by atoms with van der Waals surface area (Å²) in [6.07, 6.45) is 0.300. The summed E-state index contributed by atoms with van der Waals surface area (Å²) >= 11 is 5.76. The smallest absolute Gasteiger partial charge is 0.243 e. The largest absolute Gasteiger partial charge is 0.378 e. The van der Waals surface area contributed by atoms with Crippen molar-refractivity contribution in [2.24, 2.45) is 0 Å². The summed E-state index contributed by atoms with van der Waals surface area (Å²) in [4.78, 5) is 23.4. The average Bonchev–Trinajstić information content (AvgIpc) is 2.49. The number of hydrogen-bond acceptors (Lipinski definition) is 4. The van der Waals surface area contributed by atoms with Crippen LogP contribution in [0.5, 0.6) is 0 Å². The number of ether oxygens (including phenoxy) is 1. The van der Waals surface area contributed by atoms with Gasteiger partial charge in [-0.1, -0.05) is 11.6 Å². The summed E-state index contributed by atoms with van der Waals surface area (Å²) in [7, 11) is 0. The van der Waals surface area contributed by atoms with Crippen LogP contribution in [-0.4, -0.2) is 44.2 Å². The molecule has 2 amide bonds. The standard InChI is InChI=1S/C14H18ClN3O3.ClH/c15-10-1-3-11(4-2-10)18-14(20)8-17-13(19)7-12-9-21-6-5-16-12;/h1-4,12,16H,5-9H2,(H,17,19)(H,18,20);1H. The first-order valence-electron chi connectivity index (χ1n) is 6.77. The van der Waals surface area contributed by atoms with Crippen LogP contribution in [0.3, 0.4) is 0 Å². The van der Waals surface area contributed by atoms with Gasteiger partial charge in [0.15, 0.2) is 0 Å². The lowest BCUT2D eigenvalue weighted by molar-refractivity contribution is -0.125. The van der Waals surface area contributed by atoms with Gasteiger partial charge in [-0.25, -0.2) is 0 Å². The Hall–Kier alpha value is -1.34. The molecule has 0 aliphatic carbocycles. The van der Waals surface area contributed by atoms with Gasteiger partial charge in [-0.15, -0.1) is 12.4 Å². The van der Waals surface area contributed by atoms with Crippen LogP contribution in [0.15, 0.2) is 24.3 Å². The number of nitrogens with one attached hydrogen (secondary N) is 3. The lowest BCUT2D eigenvalue weighted by atomic mass is 10.2. The molecule has 1 fully saturated rings. The number of carbonyl (C=O) groups excluding carboxylic acids is 2. The van der Waals surface area contributed by atoms with E-state index in [2.05, 4.69) is 16.0 Å². The van der Waals surface area contributed by atoms with Crippen LogP contribution in [0, 0.1) is 0 Å². The van der Waals surface area contributed by atoms with Crippen molar-refractivity contribution in [3.8, 4) is 0 Å². The highest BCUT2D eigenvalue weighted by Gasteiger charge is 2.17. The van der Waals surface area contributed by atoms with Gasteiger partial charge in [0, 0.05) is 29.7 Å². The van der Waals surface area contributed by atoms with Crippen LogP contribution in [0.2, 0.25) is 5.02 Å². The number of amides is 2. The SMILES string of the molecule is Cl.O=C(CC1COCCN1)NCC(=O)Nc1ccc(Cl)cc1. The van der Waals surface area contributed by atoms with Crippen LogP contribution in [0.4, 0.5) is 5.69 Å². The van der Waals surface area contributed by atoms with Crippen LogP contribution in [-0.2, 0) is 14.3 Å². The first-order valence-corrected chi connectivity index (χ1v) is 7.14. The number of morpholine rings is 1. The summed E-state index contributed by atoms with van der Waals surface area (Å²) < 4.78 is 5.26. The Bertz CT molecular complexity index is 491. The molecule has 1 heterocycles. The van der Waals surface area contributed by atoms with Gasteiger partial charge in [0.2, 0.25) is 11.8 Å². The number of anilines is 1. The van der Waals surface area contributed by atoms with E-state index < -0.39 is 0 Å².